The summed E-state index contributed by atoms with van der Waals surface area (Å²) >= 11 is 0. The molecule has 1 saturated carbocycles. The van der Waals surface area contributed by atoms with E-state index in [1.54, 1.807) is 32.4 Å². The molecule has 0 radical (unpaired) electrons. The SMILES string of the molecule is COc1cc(NC(=O)CN(C)C2CCCCC2)cc(OC)c1. The van der Waals surface area contributed by atoms with Gasteiger partial charge < -0.3 is 14.8 Å². The lowest BCUT2D eigenvalue weighted by Crippen LogP contribution is -2.39. The molecule has 1 aromatic rings. The molecule has 1 fully saturated rings. The second-order valence-corrected chi connectivity index (χ2v) is 5.86. The van der Waals surface area contributed by atoms with Crippen molar-refractivity contribution in [2.45, 2.75) is 38.1 Å². The lowest BCUT2D eigenvalue weighted by atomic mass is 9.94. The number of benzene rings is 1. The zero-order chi connectivity index (χ0) is 15.9. The van der Waals surface area contributed by atoms with Crippen molar-refractivity contribution in [1.29, 1.82) is 0 Å². The maximum absolute atomic E-state index is 12.2. The van der Waals surface area contributed by atoms with E-state index >= 15 is 0 Å². The summed E-state index contributed by atoms with van der Waals surface area (Å²) in [6.07, 6.45) is 6.24. The lowest BCUT2D eigenvalue weighted by molar-refractivity contribution is -0.117. The van der Waals surface area contributed by atoms with E-state index in [1.165, 1.54) is 32.1 Å². The summed E-state index contributed by atoms with van der Waals surface area (Å²) in [6.45, 7) is 0.407. The number of anilines is 1. The Morgan fingerprint density at radius 1 is 1.14 bits per heavy atom. The van der Waals surface area contributed by atoms with E-state index in [9.17, 15) is 4.79 Å². The Morgan fingerprint density at radius 3 is 2.27 bits per heavy atom. The molecule has 1 amide bonds. The fraction of sp³-hybridized carbons (Fsp3) is 0.588. The van der Waals surface area contributed by atoms with E-state index in [-0.39, 0.29) is 5.91 Å². The van der Waals surface area contributed by atoms with Gasteiger partial charge in [-0.2, -0.15) is 0 Å². The third-order valence-electron chi connectivity index (χ3n) is 4.23. The average Bonchev–Trinajstić information content (AvgIpc) is 2.55. The molecule has 1 aliphatic carbocycles. The molecule has 0 heterocycles. The highest BCUT2D eigenvalue weighted by Gasteiger charge is 2.19. The van der Waals surface area contributed by atoms with Gasteiger partial charge in [-0.25, -0.2) is 0 Å². The Balaban J connectivity index is 1.93. The number of amides is 1. The van der Waals surface area contributed by atoms with Crippen LogP contribution in [0.15, 0.2) is 18.2 Å². The largest absolute Gasteiger partial charge is 0.497 e. The number of likely N-dealkylation sites (N-methyl/N-ethyl adjacent to an activating group) is 1. The molecule has 1 N–H and O–H groups in total. The molecule has 0 atom stereocenters. The van der Waals surface area contributed by atoms with Gasteiger partial charge in [-0.05, 0) is 19.9 Å². The molecule has 2 rings (SSSR count). The van der Waals surface area contributed by atoms with Crippen LogP contribution in [-0.2, 0) is 4.79 Å². The van der Waals surface area contributed by atoms with Crippen molar-refractivity contribution in [2.75, 3.05) is 33.1 Å². The number of rotatable bonds is 6. The molecule has 0 aliphatic heterocycles. The van der Waals surface area contributed by atoms with Crippen LogP contribution < -0.4 is 14.8 Å². The number of carbonyl (C=O) groups excluding carboxylic acids is 1. The van der Waals surface area contributed by atoms with Crippen LogP contribution in [-0.4, -0.2) is 44.7 Å². The number of ether oxygens (including phenoxy) is 2. The summed E-state index contributed by atoms with van der Waals surface area (Å²) in [5.41, 5.74) is 0.693. The van der Waals surface area contributed by atoms with Crippen molar-refractivity contribution in [1.82, 2.24) is 4.90 Å². The van der Waals surface area contributed by atoms with Gasteiger partial charge >= 0.3 is 0 Å². The molecule has 1 aliphatic rings. The van der Waals surface area contributed by atoms with Crippen LogP contribution in [0.5, 0.6) is 11.5 Å². The molecular weight excluding hydrogens is 280 g/mol. The van der Waals surface area contributed by atoms with Crippen LogP contribution >= 0.6 is 0 Å². The van der Waals surface area contributed by atoms with Gasteiger partial charge in [0.25, 0.3) is 0 Å². The first-order valence-electron chi connectivity index (χ1n) is 7.85. The number of hydrogen-bond acceptors (Lipinski definition) is 4. The highest BCUT2D eigenvalue weighted by Crippen LogP contribution is 2.26. The first kappa shape index (κ1) is 16.6. The van der Waals surface area contributed by atoms with E-state index in [4.69, 9.17) is 9.47 Å². The van der Waals surface area contributed by atoms with Crippen LogP contribution in [0.3, 0.4) is 0 Å². The van der Waals surface area contributed by atoms with Gasteiger partial charge in [-0.1, -0.05) is 19.3 Å². The number of nitrogens with zero attached hydrogens (tertiary/aromatic N) is 1. The normalized spacial score (nSPS) is 15.6. The fourth-order valence-electron chi connectivity index (χ4n) is 2.96. The molecule has 0 aromatic heterocycles. The Labute approximate surface area is 132 Å². The predicted octanol–water partition coefficient (Wildman–Crippen LogP) is 2.91. The van der Waals surface area contributed by atoms with Crippen LogP contribution in [0.2, 0.25) is 0 Å². The third-order valence-corrected chi connectivity index (χ3v) is 4.23. The van der Waals surface area contributed by atoms with Gasteiger partial charge in [0.2, 0.25) is 5.91 Å². The molecule has 22 heavy (non-hydrogen) atoms. The summed E-state index contributed by atoms with van der Waals surface area (Å²) < 4.78 is 10.4. The van der Waals surface area contributed by atoms with Crippen molar-refractivity contribution in [3.8, 4) is 11.5 Å². The standard InChI is InChI=1S/C17H26N2O3/c1-19(14-7-5-4-6-8-14)12-17(20)18-13-9-15(21-2)11-16(10-13)22-3/h9-11,14H,4-8,12H2,1-3H3,(H,18,20). The zero-order valence-electron chi connectivity index (χ0n) is 13.7. The van der Waals surface area contributed by atoms with Crippen molar-refractivity contribution in [3.63, 3.8) is 0 Å². The Hall–Kier alpha value is -1.75. The van der Waals surface area contributed by atoms with Gasteiger partial charge in [-0.3, -0.25) is 9.69 Å². The summed E-state index contributed by atoms with van der Waals surface area (Å²) in [6, 6.07) is 5.89. The summed E-state index contributed by atoms with van der Waals surface area (Å²) in [5, 5.41) is 2.92. The van der Waals surface area contributed by atoms with Crippen molar-refractivity contribution in [3.05, 3.63) is 18.2 Å². The molecule has 0 unspecified atom stereocenters. The molecule has 0 spiro atoms. The van der Waals surface area contributed by atoms with E-state index in [1.807, 2.05) is 7.05 Å². The minimum Gasteiger partial charge on any atom is -0.497 e. The quantitative estimate of drug-likeness (QED) is 0.878. The minimum absolute atomic E-state index is 0.0108. The van der Waals surface area contributed by atoms with Gasteiger partial charge in [0.15, 0.2) is 0 Å². The topological polar surface area (TPSA) is 50.8 Å². The summed E-state index contributed by atoms with van der Waals surface area (Å²) in [4.78, 5) is 14.4. The van der Waals surface area contributed by atoms with Gasteiger partial charge in [-0.15, -0.1) is 0 Å². The minimum atomic E-state index is -0.0108. The van der Waals surface area contributed by atoms with E-state index in [2.05, 4.69) is 10.2 Å². The number of carbonyl (C=O) groups is 1. The Kier molecular flexibility index (Phi) is 6.07. The van der Waals surface area contributed by atoms with Crippen LogP contribution in [0.25, 0.3) is 0 Å². The van der Waals surface area contributed by atoms with Crippen LogP contribution in [0.4, 0.5) is 5.69 Å². The van der Waals surface area contributed by atoms with E-state index in [0.29, 0.717) is 29.8 Å². The number of hydrogen-bond donors (Lipinski definition) is 1. The molecule has 5 heteroatoms. The maximum atomic E-state index is 12.2. The van der Waals surface area contributed by atoms with Crippen molar-refractivity contribution >= 4 is 11.6 Å². The Morgan fingerprint density at radius 2 is 1.73 bits per heavy atom. The van der Waals surface area contributed by atoms with E-state index in [0.717, 1.165) is 0 Å². The maximum Gasteiger partial charge on any atom is 0.238 e. The zero-order valence-corrected chi connectivity index (χ0v) is 13.7. The van der Waals surface area contributed by atoms with Gasteiger partial charge in [0.1, 0.15) is 11.5 Å². The second kappa shape index (κ2) is 8.03. The highest BCUT2D eigenvalue weighted by atomic mass is 16.5. The number of nitrogens with one attached hydrogen (secondary N) is 1. The monoisotopic (exact) mass is 306 g/mol. The van der Waals surface area contributed by atoms with Crippen LogP contribution in [0.1, 0.15) is 32.1 Å². The highest BCUT2D eigenvalue weighted by molar-refractivity contribution is 5.92. The second-order valence-electron chi connectivity index (χ2n) is 5.86. The van der Waals surface area contributed by atoms with Crippen LogP contribution in [0, 0.1) is 0 Å². The van der Waals surface area contributed by atoms with E-state index < -0.39 is 0 Å². The van der Waals surface area contributed by atoms with Gasteiger partial charge in [0.05, 0.1) is 20.8 Å². The third kappa shape index (κ3) is 4.63. The van der Waals surface area contributed by atoms with Crippen molar-refractivity contribution in [2.24, 2.45) is 0 Å². The summed E-state index contributed by atoms with van der Waals surface area (Å²) in [5.74, 6) is 1.31. The van der Waals surface area contributed by atoms with Crippen molar-refractivity contribution < 1.29 is 14.3 Å². The molecular formula is C17H26N2O3. The fourth-order valence-corrected chi connectivity index (χ4v) is 2.96. The predicted molar refractivity (Wildman–Crippen MR) is 87.7 cm³/mol. The first-order chi connectivity index (χ1) is 10.6. The average molecular weight is 306 g/mol. The molecule has 0 saturated heterocycles. The molecule has 0 bridgehead atoms. The number of methoxy groups -OCH3 is 2. The molecule has 5 nitrogen and oxygen atoms in total. The lowest BCUT2D eigenvalue weighted by Gasteiger charge is -2.30. The smallest absolute Gasteiger partial charge is 0.238 e. The molecule has 122 valence electrons. The summed E-state index contributed by atoms with van der Waals surface area (Å²) in [7, 11) is 5.22. The van der Waals surface area contributed by atoms with Gasteiger partial charge in [0, 0.05) is 29.9 Å². The first-order valence-corrected chi connectivity index (χ1v) is 7.85. The Bertz CT molecular complexity index is 476. The molecule has 1 aromatic carbocycles.